The van der Waals surface area contributed by atoms with Crippen LogP contribution in [0, 0.1) is 0 Å². The Kier molecular flexibility index (Phi) is 3.72. The first kappa shape index (κ1) is 7.98. The van der Waals surface area contributed by atoms with Gasteiger partial charge in [-0.2, -0.15) is 0 Å². The lowest BCUT2D eigenvalue weighted by atomic mass is 10.1. The number of piperidine rings is 1. The normalized spacial score (nSPS) is 26.7. The van der Waals surface area contributed by atoms with Gasteiger partial charge < -0.3 is 15.8 Å². The molecular formula is C7H16N2O. The monoisotopic (exact) mass is 144 g/mol. The molecule has 3 heteroatoms. The third kappa shape index (κ3) is 2.64. The van der Waals surface area contributed by atoms with Gasteiger partial charge in [-0.3, -0.25) is 0 Å². The second kappa shape index (κ2) is 4.66. The molecule has 0 spiro atoms. The molecule has 0 aliphatic carbocycles. The van der Waals surface area contributed by atoms with Crippen LogP contribution < -0.4 is 11.1 Å². The van der Waals surface area contributed by atoms with E-state index in [0.29, 0.717) is 19.3 Å². The molecule has 60 valence electrons. The number of hydrogen-bond donors (Lipinski definition) is 2. The van der Waals surface area contributed by atoms with E-state index in [9.17, 15) is 0 Å². The molecule has 0 saturated carbocycles. The molecule has 0 bridgehead atoms. The van der Waals surface area contributed by atoms with Crippen molar-refractivity contribution in [2.24, 2.45) is 5.73 Å². The molecule has 1 aliphatic rings. The standard InChI is InChI=1S/C7H16N2O/c8-3-5-10-7-2-1-4-9-6-7/h7,9H,1-6,8H2/t7-/m1/s1. The Morgan fingerprint density at radius 1 is 1.60 bits per heavy atom. The molecule has 1 aliphatic heterocycles. The zero-order valence-electron chi connectivity index (χ0n) is 6.31. The quantitative estimate of drug-likeness (QED) is 0.572. The smallest absolute Gasteiger partial charge is 0.0700 e. The van der Waals surface area contributed by atoms with Crippen LogP contribution >= 0.6 is 0 Å². The van der Waals surface area contributed by atoms with Crippen LogP contribution in [-0.2, 0) is 4.74 Å². The van der Waals surface area contributed by atoms with E-state index in [0.717, 1.165) is 13.1 Å². The van der Waals surface area contributed by atoms with Gasteiger partial charge in [0.05, 0.1) is 12.7 Å². The van der Waals surface area contributed by atoms with Crippen molar-refractivity contribution >= 4 is 0 Å². The van der Waals surface area contributed by atoms with Gasteiger partial charge in [0.1, 0.15) is 0 Å². The third-order valence-electron chi connectivity index (χ3n) is 1.72. The summed E-state index contributed by atoms with van der Waals surface area (Å²) in [7, 11) is 0. The largest absolute Gasteiger partial charge is 0.376 e. The SMILES string of the molecule is NCCO[C@@H]1CCCNC1. The summed E-state index contributed by atoms with van der Waals surface area (Å²) in [5, 5.41) is 3.28. The Hall–Kier alpha value is -0.120. The predicted molar refractivity (Wildman–Crippen MR) is 40.9 cm³/mol. The van der Waals surface area contributed by atoms with Gasteiger partial charge in [0, 0.05) is 13.1 Å². The summed E-state index contributed by atoms with van der Waals surface area (Å²) in [5.74, 6) is 0. The average molecular weight is 144 g/mol. The van der Waals surface area contributed by atoms with Crippen LogP contribution in [0.1, 0.15) is 12.8 Å². The second-order valence-corrected chi connectivity index (χ2v) is 2.63. The molecule has 10 heavy (non-hydrogen) atoms. The number of nitrogens with one attached hydrogen (secondary N) is 1. The minimum atomic E-state index is 0.414. The van der Waals surface area contributed by atoms with Crippen molar-refractivity contribution < 1.29 is 4.74 Å². The molecule has 3 N–H and O–H groups in total. The van der Waals surface area contributed by atoms with Crippen molar-refractivity contribution in [2.75, 3.05) is 26.2 Å². The molecule has 1 heterocycles. The first-order valence-electron chi connectivity index (χ1n) is 3.96. The summed E-state index contributed by atoms with van der Waals surface area (Å²) in [5.41, 5.74) is 5.30. The topological polar surface area (TPSA) is 47.3 Å². The van der Waals surface area contributed by atoms with E-state index in [4.69, 9.17) is 10.5 Å². The molecular weight excluding hydrogens is 128 g/mol. The molecule has 0 amide bonds. The number of hydrogen-bond acceptors (Lipinski definition) is 3. The second-order valence-electron chi connectivity index (χ2n) is 2.63. The molecule has 3 nitrogen and oxygen atoms in total. The van der Waals surface area contributed by atoms with Crippen LogP contribution in [0.4, 0.5) is 0 Å². The minimum Gasteiger partial charge on any atom is -0.376 e. The van der Waals surface area contributed by atoms with Crippen molar-refractivity contribution in [1.29, 1.82) is 0 Å². The lowest BCUT2D eigenvalue weighted by Gasteiger charge is -2.22. The molecule has 0 unspecified atom stereocenters. The third-order valence-corrected chi connectivity index (χ3v) is 1.72. The first-order valence-corrected chi connectivity index (χ1v) is 3.96. The van der Waals surface area contributed by atoms with Crippen LogP contribution in [-0.4, -0.2) is 32.3 Å². The van der Waals surface area contributed by atoms with E-state index in [2.05, 4.69) is 5.32 Å². The van der Waals surface area contributed by atoms with Gasteiger partial charge in [-0.1, -0.05) is 0 Å². The van der Waals surface area contributed by atoms with Crippen LogP contribution in [0.3, 0.4) is 0 Å². The van der Waals surface area contributed by atoms with E-state index in [1.165, 1.54) is 12.8 Å². The van der Waals surface area contributed by atoms with Crippen molar-refractivity contribution in [3.63, 3.8) is 0 Å². The van der Waals surface area contributed by atoms with Gasteiger partial charge >= 0.3 is 0 Å². The minimum absolute atomic E-state index is 0.414. The fourth-order valence-electron chi connectivity index (χ4n) is 1.20. The van der Waals surface area contributed by atoms with Gasteiger partial charge in [0.2, 0.25) is 0 Å². The fourth-order valence-corrected chi connectivity index (χ4v) is 1.20. The van der Waals surface area contributed by atoms with Gasteiger partial charge in [-0.15, -0.1) is 0 Å². The Bertz CT molecular complexity index is 81.7. The lowest BCUT2D eigenvalue weighted by molar-refractivity contribution is 0.0421. The van der Waals surface area contributed by atoms with Gasteiger partial charge in [0.15, 0.2) is 0 Å². The van der Waals surface area contributed by atoms with Crippen molar-refractivity contribution in [2.45, 2.75) is 18.9 Å². The molecule has 0 radical (unpaired) electrons. The van der Waals surface area contributed by atoms with E-state index in [1.807, 2.05) is 0 Å². The summed E-state index contributed by atoms with van der Waals surface area (Å²) in [4.78, 5) is 0. The Morgan fingerprint density at radius 2 is 2.50 bits per heavy atom. The Morgan fingerprint density at radius 3 is 3.10 bits per heavy atom. The molecule has 1 saturated heterocycles. The first-order chi connectivity index (χ1) is 4.93. The van der Waals surface area contributed by atoms with Gasteiger partial charge in [0.25, 0.3) is 0 Å². The number of rotatable bonds is 3. The molecule has 0 aromatic carbocycles. The van der Waals surface area contributed by atoms with E-state index in [-0.39, 0.29) is 0 Å². The van der Waals surface area contributed by atoms with Crippen LogP contribution in [0.15, 0.2) is 0 Å². The van der Waals surface area contributed by atoms with Crippen molar-refractivity contribution in [3.8, 4) is 0 Å². The molecule has 1 fully saturated rings. The molecule has 1 rings (SSSR count). The summed E-state index contributed by atoms with van der Waals surface area (Å²) in [6.07, 6.45) is 2.83. The average Bonchev–Trinajstić information content (AvgIpc) is 2.03. The van der Waals surface area contributed by atoms with E-state index < -0.39 is 0 Å². The summed E-state index contributed by atoms with van der Waals surface area (Å²) in [6, 6.07) is 0. The van der Waals surface area contributed by atoms with Gasteiger partial charge in [-0.25, -0.2) is 0 Å². The van der Waals surface area contributed by atoms with Crippen molar-refractivity contribution in [3.05, 3.63) is 0 Å². The summed E-state index contributed by atoms with van der Waals surface area (Å²) in [6.45, 7) is 3.48. The van der Waals surface area contributed by atoms with Gasteiger partial charge in [-0.05, 0) is 19.4 Å². The fraction of sp³-hybridized carbons (Fsp3) is 1.00. The van der Waals surface area contributed by atoms with E-state index >= 15 is 0 Å². The highest BCUT2D eigenvalue weighted by atomic mass is 16.5. The van der Waals surface area contributed by atoms with E-state index in [1.54, 1.807) is 0 Å². The van der Waals surface area contributed by atoms with Crippen LogP contribution in [0.25, 0.3) is 0 Å². The highest BCUT2D eigenvalue weighted by molar-refractivity contribution is 4.68. The molecule has 0 aromatic rings. The molecule has 1 atom stereocenters. The highest BCUT2D eigenvalue weighted by Gasteiger charge is 2.11. The summed E-state index contributed by atoms with van der Waals surface area (Å²) >= 11 is 0. The number of nitrogens with two attached hydrogens (primary N) is 1. The lowest BCUT2D eigenvalue weighted by Crippen LogP contribution is -2.36. The maximum atomic E-state index is 5.44. The van der Waals surface area contributed by atoms with Crippen LogP contribution in [0.5, 0.6) is 0 Å². The number of ether oxygens (including phenoxy) is 1. The Labute approximate surface area is 61.9 Å². The maximum Gasteiger partial charge on any atom is 0.0700 e. The predicted octanol–water partition coefficient (Wildman–Crippen LogP) is -0.286. The maximum absolute atomic E-state index is 5.44. The zero-order valence-corrected chi connectivity index (χ0v) is 6.31. The van der Waals surface area contributed by atoms with Crippen LogP contribution in [0.2, 0.25) is 0 Å². The Balaban J connectivity index is 2.02. The summed E-state index contributed by atoms with van der Waals surface area (Å²) < 4.78 is 5.44. The zero-order chi connectivity index (χ0) is 7.23. The molecule has 0 aromatic heterocycles. The van der Waals surface area contributed by atoms with Crippen molar-refractivity contribution in [1.82, 2.24) is 5.32 Å². The highest BCUT2D eigenvalue weighted by Crippen LogP contribution is 2.04.